The number of alkyl carbamates (subject to hydrolysis) is 2. The maximum atomic E-state index is 14.0. The molecule has 4 aromatic carbocycles. The Morgan fingerprint density at radius 3 is 2.36 bits per heavy atom. The lowest BCUT2D eigenvalue weighted by Gasteiger charge is -2.27. The number of amides is 4. The Bertz CT molecular complexity index is 2460. The number of aromatic nitrogens is 4. The molecule has 4 N–H and O–H groups in total. The minimum absolute atomic E-state index is 0.162. The molecule has 0 saturated carbocycles. The number of fused-ring (bicyclic) bond motifs is 6. The van der Waals surface area contributed by atoms with Crippen LogP contribution in [0.2, 0.25) is 0 Å². The predicted molar refractivity (Wildman–Crippen MR) is 217 cm³/mol. The highest BCUT2D eigenvalue weighted by Crippen LogP contribution is 2.42. The van der Waals surface area contributed by atoms with Gasteiger partial charge in [0.1, 0.15) is 36.6 Å². The van der Waals surface area contributed by atoms with Crippen LogP contribution in [0.3, 0.4) is 0 Å². The average molecular weight is 787 g/mol. The van der Waals surface area contributed by atoms with Gasteiger partial charge in [0.05, 0.1) is 50.2 Å². The second-order valence-corrected chi connectivity index (χ2v) is 14.0. The molecule has 15 nitrogen and oxygen atoms in total. The smallest absolute Gasteiger partial charge is 0.407 e. The lowest BCUT2D eigenvalue weighted by Crippen LogP contribution is -2.43. The number of methoxy groups -OCH3 is 2. The van der Waals surface area contributed by atoms with Crippen molar-refractivity contribution in [1.82, 2.24) is 40.4 Å². The van der Waals surface area contributed by atoms with E-state index in [1.807, 2.05) is 56.3 Å². The number of nitrogens with zero attached hydrogens (tertiary/aromatic N) is 4. The molecule has 1 aliphatic rings. The van der Waals surface area contributed by atoms with E-state index in [4.69, 9.17) is 14.5 Å². The molecule has 2 aromatic heterocycles. The molecule has 300 valence electrons. The Kier molecular flexibility index (Phi) is 11.9. The van der Waals surface area contributed by atoms with Gasteiger partial charge < -0.3 is 44.6 Å². The monoisotopic (exact) mass is 786 g/mol. The maximum absolute atomic E-state index is 14.0. The minimum atomic E-state index is -0.923. The van der Waals surface area contributed by atoms with Crippen molar-refractivity contribution >= 4 is 45.8 Å². The Hall–Kier alpha value is -6.90. The second kappa shape index (κ2) is 17.5. The van der Waals surface area contributed by atoms with Crippen LogP contribution >= 0.6 is 0 Å². The van der Waals surface area contributed by atoms with Crippen LogP contribution in [0.1, 0.15) is 55.5 Å². The highest BCUT2D eigenvalue weighted by Gasteiger charge is 2.29. The summed E-state index contributed by atoms with van der Waals surface area (Å²) in [6.45, 7) is 5.65. The number of H-pyrrole nitrogens is 2. The van der Waals surface area contributed by atoms with E-state index < -0.39 is 18.2 Å². The fraction of sp³-hybridized carbons (Fsp3) is 0.302. The van der Waals surface area contributed by atoms with Gasteiger partial charge in [-0.05, 0) is 64.7 Å². The van der Waals surface area contributed by atoms with Gasteiger partial charge in [-0.3, -0.25) is 9.59 Å². The molecule has 3 heterocycles. The van der Waals surface area contributed by atoms with Gasteiger partial charge in [-0.1, -0.05) is 62.4 Å². The molecule has 1 aliphatic heterocycles. The molecule has 6 aromatic rings. The Balaban J connectivity index is 1.11. The standard InChI is InChI=1S/C43H46N8O7/c1-5-16-50(38(52)22-45-42(54)56-3)23-36-44-21-34(47-36)28-12-14-30-29(18-28)25-58-35-20-31-27(19-32(30)35)13-15-33-40(31)48-37(46-33)24-51(17-6-2)41(53)39(49-43(55)57-4)26-10-8-7-9-11-26/h7-15,18-21,39H,5-6,16-17,22-25H2,1-4H3,(H,44,47)(H,45,54)(H,46,48)(H,49,55)/t39-/m1/s1. The van der Waals surface area contributed by atoms with Gasteiger partial charge in [-0.2, -0.15) is 0 Å². The van der Waals surface area contributed by atoms with E-state index in [-0.39, 0.29) is 31.4 Å². The number of ether oxygens (including phenoxy) is 3. The predicted octanol–water partition coefficient (Wildman–Crippen LogP) is 6.60. The molecule has 0 unspecified atom stereocenters. The average Bonchev–Trinajstić information content (AvgIpc) is 3.90. The topological polar surface area (TPSA) is 184 Å². The lowest BCUT2D eigenvalue weighted by molar-refractivity contribution is -0.134. The number of carbonyl (C=O) groups is 4. The molecule has 58 heavy (non-hydrogen) atoms. The molecule has 0 radical (unpaired) electrons. The molecule has 7 rings (SSSR count). The van der Waals surface area contributed by atoms with E-state index >= 15 is 0 Å². The SMILES string of the molecule is CCCN(Cc1ncc(-c2ccc3c(c2)COc2cc4c(ccc5[nH]c(CN(CCC)C(=O)[C@H](NC(=O)OC)c6ccccc6)nc54)cc2-3)[nH]1)C(=O)CNC(=O)OC. The van der Waals surface area contributed by atoms with Gasteiger partial charge >= 0.3 is 12.2 Å². The molecule has 0 fully saturated rings. The van der Waals surface area contributed by atoms with E-state index in [0.717, 1.165) is 61.9 Å². The largest absolute Gasteiger partial charge is 0.488 e. The van der Waals surface area contributed by atoms with Crippen molar-refractivity contribution in [2.75, 3.05) is 33.9 Å². The maximum Gasteiger partial charge on any atom is 0.407 e. The van der Waals surface area contributed by atoms with Crippen molar-refractivity contribution in [3.8, 4) is 28.1 Å². The summed E-state index contributed by atoms with van der Waals surface area (Å²) in [4.78, 5) is 70.1. The Morgan fingerprint density at radius 1 is 0.845 bits per heavy atom. The zero-order valence-electron chi connectivity index (χ0n) is 32.9. The molecule has 1 atom stereocenters. The fourth-order valence-electron chi connectivity index (χ4n) is 7.25. The minimum Gasteiger partial charge on any atom is -0.488 e. The van der Waals surface area contributed by atoms with Gasteiger partial charge in [0.2, 0.25) is 11.8 Å². The third kappa shape index (κ3) is 8.43. The molecule has 0 saturated heterocycles. The van der Waals surface area contributed by atoms with Crippen LogP contribution < -0.4 is 15.4 Å². The van der Waals surface area contributed by atoms with E-state index in [0.29, 0.717) is 43.3 Å². The zero-order chi connectivity index (χ0) is 40.8. The summed E-state index contributed by atoms with van der Waals surface area (Å²) in [6.07, 6.45) is 1.87. The number of nitrogens with one attached hydrogen (secondary N) is 4. The number of imidazole rings is 2. The van der Waals surface area contributed by atoms with E-state index in [1.165, 1.54) is 14.2 Å². The third-order valence-corrected chi connectivity index (χ3v) is 10.1. The summed E-state index contributed by atoms with van der Waals surface area (Å²) in [5.41, 5.74) is 7.06. The molecule has 0 aliphatic carbocycles. The molecule has 4 amide bonds. The van der Waals surface area contributed by atoms with Crippen molar-refractivity contribution in [2.24, 2.45) is 0 Å². The van der Waals surface area contributed by atoms with E-state index in [9.17, 15) is 19.2 Å². The highest BCUT2D eigenvalue weighted by molar-refractivity contribution is 6.07. The van der Waals surface area contributed by atoms with Crippen molar-refractivity contribution < 1.29 is 33.4 Å². The van der Waals surface area contributed by atoms with Crippen LogP contribution in [0.4, 0.5) is 9.59 Å². The Morgan fingerprint density at radius 2 is 1.60 bits per heavy atom. The number of carbonyl (C=O) groups excluding carboxylic acids is 4. The van der Waals surface area contributed by atoms with Crippen LogP contribution in [0, 0.1) is 0 Å². The van der Waals surface area contributed by atoms with E-state index in [1.54, 1.807) is 28.1 Å². The van der Waals surface area contributed by atoms with Gasteiger partial charge in [0.25, 0.3) is 0 Å². The number of benzene rings is 4. The summed E-state index contributed by atoms with van der Waals surface area (Å²) in [5.74, 6) is 1.50. The van der Waals surface area contributed by atoms with Gasteiger partial charge in [-0.15, -0.1) is 0 Å². The molecular formula is C43H46N8O7. The van der Waals surface area contributed by atoms with Crippen molar-refractivity contribution in [1.29, 1.82) is 0 Å². The highest BCUT2D eigenvalue weighted by atomic mass is 16.5. The van der Waals surface area contributed by atoms with Crippen LogP contribution in [0.5, 0.6) is 5.75 Å². The van der Waals surface area contributed by atoms with Gasteiger partial charge in [0, 0.05) is 24.0 Å². The first-order valence-electron chi connectivity index (χ1n) is 19.2. The summed E-state index contributed by atoms with van der Waals surface area (Å²) in [5, 5.41) is 7.06. The zero-order valence-corrected chi connectivity index (χ0v) is 32.9. The van der Waals surface area contributed by atoms with Crippen molar-refractivity contribution in [3.63, 3.8) is 0 Å². The first-order valence-corrected chi connectivity index (χ1v) is 19.2. The third-order valence-electron chi connectivity index (χ3n) is 10.1. The number of rotatable bonds is 14. The van der Waals surface area contributed by atoms with Gasteiger partial charge in [-0.25, -0.2) is 19.6 Å². The van der Waals surface area contributed by atoms with E-state index in [2.05, 4.69) is 48.5 Å². The van der Waals surface area contributed by atoms with Crippen LogP contribution in [-0.2, 0) is 38.8 Å². The summed E-state index contributed by atoms with van der Waals surface area (Å²) in [6, 6.07) is 22.6. The van der Waals surface area contributed by atoms with Crippen LogP contribution in [-0.4, -0.2) is 87.6 Å². The fourth-order valence-corrected chi connectivity index (χ4v) is 7.25. The quantitative estimate of drug-likeness (QED) is 0.0946. The number of hydrogen-bond donors (Lipinski definition) is 4. The number of aromatic amines is 2. The molecule has 15 heteroatoms. The first kappa shape index (κ1) is 39.3. The lowest BCUT2D eigenvalue weighted by atomic mass is 9.92. The Labute approximate surface area is 335 Å². The summed E-state index contributed by atoms with van der Waals surface area (Å²) < 4.78 is 15.8. The van der Waals surface area contributed by atoms with Gasteiger partial charge in [0.15, 0.2) is 0 Å². The molecular weight excluding hydrogens is 741 g/mol. The summed E-state index contributed by atoms with van der Waals surface area (Å²) >= 11 is 0. The second-order valence-electron chi connectivity index (χ2n) is 14.0. The normalized spacial score (nSPS) is 12.2. The van der Waals surface area contributed by atoms with Crippen molar-refractivity contribution in [2.45, 2.75) is 52.4 Å². The molecule has 0 bridgehead atoms. The first-order chi connectivity index (χ1) is 28.2. The van der Waals surface area contributed by atoms with Crippen LogP contribution in [0.25, 0.3) is 44.2 Å². The van der Waals surface area contributed by atoms with Crippen molar-refractivity contribution in [3.05, 3.63) is 102 Å². The summed E-state index contributed by atoms with van der Waals surface area (Å²) in [7, 11) is 2.52. The van der Waals surface area contributed by atoms with Crippen LogP contribution in [0.15, 0.2) is 79.0 Å². The molecule has 0 spiro atoms. The number of hydrogen-bond acceptors (Lipinski definition) is 9.